The van der Waals surface area contributed by atoms with Crippen LogP contribution in [0.2, 0.25) is 0 Å². The molecule has 4 nitrogen and oxygen atoms in total. The van der Waals surface area contributed by atoms with E-state index in [0.29, 0.717) is 12.1 Å². The number of aromatic nitrogens is 1. The molecule has 1 aromatic heterocycles. The lowest BCUT2D eigenvalue weighted by Gasteiger charge is -2.14. The van der Waals surface area contributed by atoms with Gasteiger partial charge in [0.15, 0.2) is 6.39 Å². The largest absolute Gasteiger partial charge is 0.447 e. The summed E-state index contributed by atoms with van der Waals surface area (Å²) in [5.41, 5.74) is 0. The molecule has 0 saturated carbocycles. The predicted octanol–water partition coefficient (Wildman–Crippen LogP) is 0.942. The topological polar surface area (TPSA) is 47.3 Å². The molecular weight excluding hydrogens is 168 g/mol. The van der Waals surface area contributed by atoms with Crippen LogP contribution in [0, 0.1) is 0 Å². The highest BCUT2D eigenvalue weighted by Gasteiger charge is 2.23. The van der Waals surface area contributed by atoms with Crippen molar-refractivity contribution in [3.8, 4) is 0 Å². The van der Waals surface area contributed by atoms with Crippen LogP contribution in [-0.4, -0.2) is 23.7 Å². The van der Waals surface area contributed by atoms with Gasteiger partial charge in [0.25, 0.3) is 0 Å². The van der Waals surface area contributed by atoms with Gasteiger partial charge in [-0.2, -0.15) is 0 Å². The fraction of sp³-hybridized carbons (Fsp3) is 0.667. The number of rotatable bonds is 3. The first-order valence-corrected chi connectivity index (χ1v) is 4.58. The summed E-state index contributed by atoms with van der Waals surface area (Å²) in [6.07, 6.45) is 4.57. The maximum atomic E-state index is 5.43. The van der Waals surface area contributed by atoms with Crippen molar-refractivity contribution in [1.29, 1.82) is 0 Å². The minimum atomic E-state index is 0.308. The van der Waals surface area contributed by atoms with Crippen molar-refractivity contribution < 1.29 is 9.15 Å². The lowest BCUT2D eigenvalue weighted by atomic mass is 10.1. The van der Waals surface area contributed by atoms with Gasteiger partial charge in [-0.1, -0.05) is 0 Å². The van der Waals surface area contributed by atoms with E-state index in [1.807, 2.05) is 0 Å². The van der Waals surface area contributed by atoms with Crippen LogP contribution in [-0.2, 0) is 11.3 Å². The smallest absolute Gasteiger partial charge is 0.180 e. The van der Waals surface area contributed by atoms with Crippen LogP contribution in [0.25, 0.3) is 0 Å². The summed E-state index contributed by atoms with van der Waals surface area (Å²) < 4.78 is 10.5. The maximum Gasteiger partial charge on any atom is 0.180 e. The molecular formula is C9H14N2O2. The molecule has 0 radical (unpaired) electrons. The van der Waals surface area contributed by atoms with Gasteiger partial charge in [-0.25, -0.2) is 4.98 Å². The van der Waals surface area contributed by atoms with Crippen LogP contribution in [0.4, 0.5) is 0 Å². The van der Waals surface area contributed by atoms with E-state index in [0.717, 1.165) is 25.3 Å². The minimum Gasteiger partial charge on any atom is -0.447 e. The summed E-state index contributed by atoms with van der Waals surface area (Å²) in [6, 6.07) is 0.449. The average molecular weight is 182 g/mol. The summed E-state index contributed by atoms with van der Waals surface area (Å²) in [6.45, 7) is 3.68. The third-order valence-electron chi connectivity index (χ3n) is 2.40. The summed E-state index contributed by atoms with van der Waals surface area (Å²) in [7, 11) is 0. The molecule has 0 aliphatic carbocycles. The van der Waals surface area contributed by atoms with Crippen molar-refractivity contribution >= 4 is 0 Å². The Labute approximate surface area is 77.3 Å². The Kier molecular flexibility index (Phi) is 2.61. The van der Waals surface area contributed by atoms with Crippen LogP contribution >= 0.6 is 0 Å². The van der Waals surface area contributed by atoms with Crippen molar-refractivity contribution in [3.05, 3.63) is 18.4 Å². The molecule has 1 aliphatic rings. The summed E-state index contributed by atoms with van der Waals surface area (Å²) in [4.78, 5) is 3.85. The molecule has 2 unspecified atom stereocenters. The predicted molar refractivity (Wildman–Crippen MR) is 47.2 cm³/mol. The Hall–Kier alpha value is -0.870. The molecule has 0 spiro atoms. The second-order valence-electron chi connectivity index (χ2n) is 3.32. The van der Waals surface area contributed by atoms with E-state index in [9.17, 15) is 0 Å². The highest BCUT2D eigenvalue weighted by atomic mass is 16.5. The first-order chi connectivity index (χ1) is 6.36. The number of nitrogens with one attached hydrogen (secondary N) is 1. The lowest BCUT2D eigenvalue weighted by Crippen LogP contribution is -2.33. The number of hydrogen-bond donors (Lipinski definition) is 1. The SMILES string of the molecule is CC1OCCC1NCc1cnco1. The molecule has 4 heteroatoms. The maximum absolute atomic E-state index is 5.43. The molecule has 72 valence electrons. The zero-order chi connectivity index (χ0) is 9.10. The van der Waals surface area contributed by atoms with Gasteiger partial charge in [0.2, 0.25) is 0 Å². The molecule has 1 aromatic rings. The van der Waals surface area contributed by atoms with Gasteiger partial charge < -0.3 is 14.5 Å². The second kappa shape index (κ2) is 3.89. The van der Waals surface area contributed by atoms with Gasteiger partial charge in [0, 0.05) is 12.6 Å². The van der Waals surface area contributed by atoms with Crippen molar-refractivity contribution in [3.63, 3.8) is 0 Å². The summed E-state index contributed by atoms with van der Waals surface area (Å²) in [5.74, 6) is 0.874. The van der Waals surface area contributed by atoms with Gasteiger partial charge in [0.05, 0.1) is 18.8 Å². The third-order valence-corrected chi connectivity index (χ3v) is 2.40. The Morgan fingerprint density at radius 3 is 3.23 bits per heavy atom. The van der Waals surface area contributed by atoms with Gasteiger partial charge in [0.1, 0.15) is 5.76 Å². The van der Waals surface area contributed by atoms with Crippen molar-refractivity contribution in [1.82, 2.24) is 10.3 Å². The number of hydrogen-bond acceptors (Lipinski definition) is 4. The first-order valence-electron chi connectivity index (χ1n) is 4.58. The van der Waals surface area contributed by atoms with E-state index in [2.05, 4.69) is 17.2 Å². The zero-order valence-electron chi connectivity index (χ0n) is 7.69. The number of nitrogens with zero attached hydrogens (tertiary/aromatic N) is 1. The molecule has 2 rings (SSSR count). The Bertz CT molecular complexity index is 248. The molecule has 0 aromatic carbocycles. The minimum absolute atomic E-state index is 0.308. The second-order valence-corrected chi connectivity index (χ2v) is 3.32. The highest BCUT2D eigenvalue weighted by Crippen LogP contribution is 2.13. The fourth-order valence-corrected chi connectivity index (χ4v) is 1.56. The molecule has 0 bridgehead atoms. The van der Waals surface area contributed by atoms with E-state index in [4.69, 9.17) is 9.15 Å². The van der Waals surface area contributed by atoms with E-state index >= 15 is 0 Å². The van der Waals surface area contributed by atoms with E-state index < -0.39 is 0 Å². The van der Waals surface area contributed by atoms with Crippen molar-refractivity contribution in [2.75, 3.05) is 6.61 Å². The third kappa shape index (κ3) is 2.08. The first kappa shape index (κ1) is 8.72. The van der Waals surface area contributed by atoms with Crippen LogP contribution in [0.3, 0.4) is 0 Å². The normalized spacial score (nSPS) is 28.1. The van der Waals surface area contributed by atoms with E-state index in [1.54, 1.807) is 6.20 Å². The molecule has 1 aliphatic heterocycles. The highest BCUT2D eigenvalue weighted by molar-refractivity contribution is 4.89. The van der Waals surface area contributed by atoms with Crippen molar-refractivity contribution in [2.45, 2.75) is 32.0 Å². The molecule has 0 amide bonds. The Balaban J connectivity index is 1.79. The molecule has 1 N–H and O–H groups in total. The van der Waals surface area contributed by atoms with E-state index in [-0.39, 0.29) is 0 Å². The molecule has 2 atom stereocenters. The molecule has 13 heavy (non-hydrogen) atoms. The van der Waals surface area contributed by atoms with Crippen molar-refractivity contribution in [2.24, 2.45) is 0 Å². The van der Waals surface area contributed by atoms with Crippen LogP contribution in [0.1, 0.15) is 19.1 Å². The quantitative estimate of drug-likeness (QED) is 0.755. The summed E-state index contributed by atoms with van der Waals surface area (Å²) in [5, 5.41) is 3.38. The van der Waals surface area contributed by atoms with Gasteiger partial charge >= 0.3 is 0 Å². The number of ether oxygens (including phenoxy) is 1. The van der Waals surface area contributed by atoms with E-state index in [1.165, 1.54) is 6.39 Å². The molecule has 1 saturated heterocycles. The van der Waals surface area contributed by atoms with Crippen LogP contribution in [0.15, 0.2) is 17.0 Å². The van der Waals surface area contributed by atoms with Crippen LogP contribution < -0.4 is 5.32 Å². The van der Waals surface area contributed by atoms with Gasteiger partial charge in [-0.05, 0) is 13.3 Å². The monoisotopic (exact) mass is 182 g/mol. The molecule has 2 heterocycles. The fourth-order valence-electron chi connectivity index (χ4n) is 1.56. The zero-order valence-corrected chi connectivity index (χ0v) is 7.69. The van der Waals surface area contributed by atoms with Crippen LogP contribution in [0.5, 0.6) is 0 Å². The Morgan fingerprint density at radius 2 is 2.62 bits per heavy atom. The lowest BCUT2D eigenvalue weighted by molar-refractivity contribution is 0.112. The standard InChI is InChI=1S/C9H14N2O2/c1-7-9(2-3-12-7)11-5-8-4-10-6-13-8/h4,6-7,9,11H,2-3,5H2,1H3. The van der Waals surface area contributed by atoms with Gasteiger partial charge in [-0.3, -0.25) is 0 Å². The van der Waals surface area contributed by atoms with Gasteiger partial charge in [-0.15, -0.1) is 0 Å². The molecule has 1 fully saturated rings. The number of oxazole rings is 1. The summed E-state index contributed by atoms with van der Waals surface area (Å²) >= 11 is 0. The average Bonchev–Trinajstić information content (AvgIpc) is 2.72. The Morgan fingerprint density at radius 1 is 1.69 bits per heavy atom.